The number of nitrogens with zero attached hydrogens (tertiary/aromatic N) is 2. The van der Waals surface area contributed by atoms with Crippen LogP contribution in [0.4, 0.5) is 0 Å². The number of rotatable bonds is 3. The van der Waals surface area contributed by atoms with Gasteiger partial charge in [0.25, 0.3) is 0 Å². The lowest BCUT2D eigenvalue weighted by Gasteiger charge is -2.04. The minimum Gasteiger partial charge on any atom is -0.352 e. The summed E-state index contributed by atoms with van der Waals surface area (Å²) >= 11 is 5.82. The van der Waals surface area contributed by atoms with Gasteiger partial charge in [-0.3, -0.25) is 9.48 Å². The molecule has 1 aliphatic carbocycles. The second-order valence-electron chi connectivity index (χ2n) is 3.58. The van der Waals surface area contributed by atoms with Gasteiger partial charge in [0.05, 0.1) is 16.9 Å². The van der Waals surface area contributed by atoms with Crippen LogP contribution in [0, 0.1) is 6.92 Å². The Labute approximate surface area is 87.2 Å². The van der Waals surface area contributed by atoms with Gasteiger partial charge in [-0.1, -0.05) is 11.6 Å². The Bertz CT molecular complexity index is 357. The van der Waals surface area contributed by atoms with Crippen LogP contribution < -0.4 is 5.32 Å². The molecule has 2 rings (SSSR count). The standard InChI is InChI=1S/C9H12ClN3O/c1-6-8(10)4-11-13(6)5-9(14)12-7-2-3-7/h4,7H,2-3,5H2,1H3,(H,12,14). The molecule has 1 heterocycles. The summed E-state index contributed by atoms with van der Waals surface area (Å²) < 4.78 is 1.61. The second kappa shape index (κ2) is 3.61. The van der Waals surface area contributed by atoms with Crippen LogP contribution >= 0.6 is 11.6 Å². The second-order valence-corrected chi connectivity index (χ2v) is 3.98. The van der Waals surface area contributed by atoms with Gasteiger partial charge >= 0.3 is 0 Å². The van der Waals surface area contributed by atoms with Gasteiger partial charge in [-0.15, -0.1) is 0 Å². The Kier molecular flexibility index (Phi) is 2.46. The lowest BCUT2D eigenvalue weighted by Crippen LogP contribution is -2.29. The Morgan fingerprint density at radius 1 is 1.79 bits per heavy atom. The van der Waals surface area contributed by atoms with Gasteiger partial charge < -0.3 is 5.32 Å². The largest absolute Gasteiger partial charge is 0.352 e. The monoisotopic (exact) mass is 213 g/mol. The molecule has 14 heavy (non-hydrogen) atoms. The molecule has 1 saturated carbocycles. The molecule has 0 unspecified atom stereocenters. The third kappa shape index (κ3) is 2.07. The number of hydrogen-bond acceptors (Lipinski definition) is 2. The van der Waals surface area contributed by atoms with Crippen molar-refractivity contribution < 1.29 is 4.79 Å². The van der Waals surface area contributed by atoms with Crippen LogP contribution in [-0.4, -0.2) is 21.7 Å². The predicted octanol–water partition coefficient (Wildman–Crippen LogP) is 1.12. The molecule has 4 nitrogen and oxygen atoms in total. The van der Waals surface area contributed by atoms with Gasteiger partial charge in [-0.05, 0) is 19.8 Å². The van der Waals surface area contributed by atoms with E-state index in [9.17, 15) is 4.79 Å². The first-order valence-corrected chi connectivity index (χ1v) is 5.02. The molecule has 76 valence electrons. The van der Waals surface area contributed by atoms with Crippen LogP contribution in [0.1, 0.15) is 18.5 Å². The van der Waals surface area contributed by atoms with Crippen molar-refractivity contribution in [1.29, 1.82) is 0 Å². The Morgan fingerprint density at radius 2 is 2.50 bits per heavy atom. The molecular weight excluding hydrogens is 202 g/mol. The van der Waals surface area contributed by atoms with Gasteiger partial charge in [0.2, 0.25) is 5.91 Å². The van der Waals surface area contributed by atoms with Crippen molar-refractivity contribution in [3.8, 4) is 0 Å². The quantitative estimate of drug-likeness (QED) is 0.818. The van der Waals surface area contributed by atoms with E-state index in [0.29, 0.717) is 11.1 Å². The van der Waals surface area contributed by atoms with Crippen LogP contribution in [-0.2, 0) is 11.3 Å². The molecule has 1 aliphatic rings. The molecule has 1 aromatic rings. The van der Waals surface area contributed by atoms with Crippen molar-refractivity contribution in [2.75, 3.05) is 0 Å². The highest BCUT2D eigenvalue weighted by molar-refractivity contribution is 6.31. The van der Waals surface area contributed by atoms with Gasteiger partial charge in [0, 0.05) is 6.04 Å². The van der Waals surface area contributed by atoms with Crippen LogP contribution in [0.15, 0.2) is 6.20 Å². The lowest BCUT2D eigenvalue weighted by molar-refractivity contribution is -0.122. The van der Waals surface area contributed by atoms with Crippen LogP contribution in [0.3, 0.4) is 0 Å². The molecule has 0 aliphatic heterocycles. The smallest absolute Gasteiger partial charge is 0.241 e. The number of carbonyl (C=O) groups excluding carboxylic acids is 1. The van der Waals surface area contributed by atoms with E-state index < -0.39 is 0 Å². The summed E-state index contributed by atoms with van der Waals surface area (Å²) in [4.78, 5) is 11.4. The highest BCUT2D eigenvalue weighted by Crippen LogP contribution is 2.18. The van der Waals surface area contributed by atoms with Gasteiger partial charge in [-0.25, -0.2) is 0 Å². The molecular formula is C9H12ClN3O. The number of carbonyl (C=O) groups is 1. The van der Waals surface area contributed by atoms with Crippen molar-refractivity contribution in [3.05, 3.63) is 16.9 Å². The summed E-state index contributed by atoms with van der Waals surface area (Å²) in [5.41, 5.74) is 0.831. The van der Waals surface area contributed by atoms with Gasteiger partial charge in [-0.2, -0.15) is 5.10 Å². The molecule has 0 saturated heterocycles. The van der Waals surface area contributed by atoms with Gasteiger partial charge in [0.1, 0.15) is 6.54 Å². The van der Waals surface area contributed by atoms with E-state index in [0.717, 1.165) is 18.5 Å². The maximum absolute atomic E-state index is 11.4. The Balaban J connectivity index is 1.95. The SMILES string of the molecule is Cc1c(Cl)cnn1CC(=O)NC1CC1. The average molecular weight is 214 g/mol. The molecule has 0 aromatic carbocycles. The first-order chi connectivity index (χ1) is 6.66. The summed E-state index contributed by atoms with van der Waals surface area (Å²) in [6, 6.07) is 0.397. The molecule has 1 aromatic heterocycles. The first-order valence-electron chi connectivity index (χ1n) is 4.64. The summed E-state index contributed by atoms with van der Waals surface area (Å²) in [7, 11) is 0. The fourth-order valence-electron chi connectivity index (χ4n) is 1.22. The predicted molar refractivity (Wildman–Crippen MR) is 53.1 cm³/mol. The van der Waals surface area contributed by atoms with E-state index in [4.69, 9.17) is 11.6 Å². The van der Waals surface area contributed by atoms with E-state index in [1.807, 2.05) is 6.92 Å². The number of halogens is 1. The lowest BCUT2D eigenvalue weighted by atomic mass is 10.4. The summed E-state index contributed by atoms with van der Waals surface area (Å²) in [5, 5.41) is 7.50. The van der Waals surface area contributed by atoms with Gasteiger partial charge in [0.15, 0.2) is 0 Å². The fourth-order valence-corrected chi connectivity index (χ4v) is 1.36. The molecule has 0 spiro atoms. The molecule has 1 N–H and O–H groups in total. The first kappa shape index (κ1) is 9.52. The Hall–Kier alpha value is -1.03. The van der Waals surface area contributed by atoms with E-state index in [2.05, 4.69) is 10.4 Å². The summed E-state index contributed by atoms with van der Waals surface area (Å²) in [6.07, 6.45) is 3.76. The molecule has 1 amide bonds. The topological polar surface area (TPSA) is 46.9 Å². The number of amides is 1. The normalized spacial score (nSPS) is 15.6. The number of nitrogens with one attached hydrogen (secondary N) is 1. The molecule has 0 bridgehead atoms. The zero-order chi connectivity index (χ0) is 10.1. The van der Waals surface area contributed by atoms with Crippen molar-refractivity contribution >= 4 is 17.5 Å². The third-order valence-corrected chi connectivity index (χ3v) is 2.65. The highest BCUT2D eigenvalue weighted by Gasteiger charge is 2.23. The van der Waals surface area contributed by atoms with E-state index in [-0.39, 0.29) is 12.5 Å². The van der Waals surface area contributed by atoms with E-state index in [1.165, 1.54) is 0 Å². The minimum absolute atomic E-state index is 0.00960. The highest BCUT2D eigenvalue weighted by atomic mass is 35.5. The molecule has 5 heteroatoms. The fraction of sp³-hybridized carbons (Fsp3) is 0.556. The Morgan fingerprint density at radius 3 is 3.00 bits per heavy atom. The van der Waals surface area contributed by atoms with E-state index in [1.54, 1.807) is 10.9 Å². The summed E-state index contributed by atoms with van der Waals surface area (Å²) in [5.74, 6) is 0.00960. The third-order valence-electron chi connectivity index (χ3n) is 2.28. The van der Waals surface area contributed by atoms with Crippen molar-refractivity contribution in [1.82, 2.24) is 15.1 Å². The number of aromatic nitrogens is 2. The molecule has 1 fully saturated rings. The maximum Gasteiger partial charge on any atom is 0.241 e. The van der Waals surface area contributed by atoms with Crippen molar-refractivity contribution in [3.63, 3.8) is 0 Å². The summed E-state index contributed by atoms with van der Waals surface area (Å²) in [6.45, 7) is 2.11. The average Bonchev–Trinajstić information content (AvgIpc) is 2.89. The molecule has 0 atom stereocenters. The van der Waals surface area contributed by atoms with Crippen molar-refractivity contribution in [2.24, 2.45) is 0 Å². The van der Waals surface area contributed by atoms with E-state index >= 15 is 0 Å². The van der Waals surface area contributed by atoms with Crippen molar-refractivity contribution in [2.45, 2.75) is 32.4 Å². The number of hydrogen-bond donors (Lipinski definition) is 1. The van der Waals surface area contributed by atoms with Crippen LogP contribution in [0.5, 0.6) is 0 Å². The molecule has 0 radical (unpaired) electrons. The zero-order valence-corrected chi connectivity index (χ0v) is 8.71. The minimum atomic E-state index is 0.00960. The maximum atomic E-state index is 11.4. The zero-order valence-electron chi connectivity index (χ0n) is 7.96. The van der Waals surface area contributed by atoms with Crippen LogP contribution in [0.25, 0.3) is 0 Å². The van der Waals surface area contributed by atoms with Crippen LogP contribution in [0.2, 0.25) is 5.02 Å².